The molecular weight excluding hydrogens is 128 g/mol. The third-order valence-corrected chi connectivity index (χ3v) is 2.57. The van der Waals surface area contributed by atoms with Gasteiger partial charge in [-0.25, -0.2) is 5.43 Å². The van der Waals surface area contributed by atoms with Gasteiger partial charge in [0.2, 0.25) is 5.91 Å². The lowest BCUT2D eigenvalue weighted by Crippen LogP contribution is -2.50. The first-order valence-corrected chi connectivity index (χ1v) is 3.90. The van der Waals surface area contributed by atoms with Gasteiger partial charge in [-0.1, -0.05) is 6.42 Å². The summed E-state index contributed by atoms with van der Waals surface area (Å²) in [4.78, 5) is 11.1. The Balaban J connectivity index is 2.10. The molecule has 0 spiro atoms. The second kappa shape index (κ2) is 2.23. The van der Waals surface area contributed by atoms with E-state index in [0.29, 0.717) is 11.8 Å². The average molecular weight is 140 g/mol. The summed E-state index contributed by atoms with van der Waals surface area (Å²) >= 11 is 0. The SMILES string of the molecule is O=C1NNCC2CCCC12. The Morgan fingerprint density at radius 3 is 3.10 bits per heavy atom. The standard InChI is InChI=1S/C7H12N2O/c10-7-6-3-1-2-5(6)4-8-9-7/h5-6,8H,1-4H2,(H,9,10). The van der Waals surface area contributed by atoms with Crippen LogP contribution in [-0.2, 0) is 4.79 Å². The summed E-state index contributed by atoms with van der Waals surface area (Å²) in [6.07, 6.45) is 3.55. The van der Waals surface area contributed by atoms with Crippen molar-refractivity contribution in [2.75, 3.05) is 6.54 Å². The Hall–Kier alpha value is -0.570. The number of carbonyl (C=O) groups excluding carboxylic acids is 1. The number of hydrogen-bond donors (Lipinski definition) is 2. The quantitative estimate of drug-likeness (QED) is 0.498. The third-order valence-electron chi connectivity index (χ3n) is 2.57. The number of rotatable bonds is 0. The van der Waals surface area contributed by atoms with Crippen LogP contribution >= 0.6 is 0 Å². The van der Waals surface area contributed by atoms with Crippen molar-refractivity contribution in [3.63, 3.8) is 0 Å². The van der Waals surface area contributed by atoms with Crippen LogP contribution in [0.15, 0.2) is 0 Å². The Morgan fingerprint density at radius 1 is 1.40 bits per heavy atom. The number of carbonyl (C=O) groups is 1. The van der Waals surface area contributed by atoms with Gasteiger partial charge in [0, 0.05) is 12.5 Å². The molecule has 2 aliphatic rings. The second-order valence-corrected chi connectivity index (χ2v) is 3.17. The fourth-order valence-electron chi connectivity index (χ4n) is 1.99. The van der Waals surface area contributed by atoms with Crippen LogP contribution in [0.3, 0.4) is 0 Å². The van der Waals surface area contributed by atoms with Crippen molar-refractivity contribution in [2.24, 2.45) is 11.8 Å². The Morgan fingerprint density at radius 2 is 2.30 bits per heavy atom. The number of amides is 1. The van der Waals surface area contributed by atoms with E-state index in [2.05, 4.69) is 10.9 Å². The first kappa shape index (κ1) is 6.16. The van der Waals surface area contributed by atoms with Gasteiger partial charge in [0.15, 0.2) is 0 Å². The molecule has 3 nitrogen and oxygen atoms in total. The summed E-state index contributed by atoms with van der Waals surface area (Å²) < 4.78 is 0. The molecule has 0 radical (unpaired) electrons. The number of hydrogen-bond acceptors (Lipinski definition) is 2. The van der Waals surface area contributed by atoms with E-state index in [1.54, 1.807) is 0 Å². The molecule has 2 rings (SSSR count). The van der Waals surface area contributed by atoms with Crippen molar-refractivity contribution in [3.8, 4) is 0 Å². The lowest BCUT2D eigenvalue weighted by molar-refractivity contribution is -0.129. The van der Waals surface area contributed by atoms with Crippen LogP contribution in [0.2, 0.25) is 0 Å². The highest BCUT2D eigenvalue weighted by Gasteiger charge is 2.35. The fraction of sp³-hybridized carbons (Fsp3) is 0.857. The average Bonchev–Trinajstić information content (AvgIpc) is 2.36. The molecule has 3 heteroatoms. The molecule has 1 aliphatic carbocycles. The predicted molar refractivity (Wildman–Crippen MR) is 37.0 cm³/mol. The monoisotopic (exact) mass is 140 g/mol. The molecule has 2 unspecified atom stereocenters. The van der Waals surface area contributed by atoms with E-state index in [0.717, 1.165) is 13.0 Å². The first-order valence-electron chi connectivity index (χ1n) is 3.90. The van der Waals surface area contributed by atoms with Crippen molar-refractivity contribution < 1.29 is 4.79 Å². The van der Waals surface area contributed by atoms with Crippen LogP contribution in [0.25, 0.3) is 0 Å². The lowest BCUT2D eigenvalue weighted by atomic mass is 9.94. The van der Waals surface area contributed by atoms with Crippen molar-refractivity contribution in [2.45, 2.75) is 19.3 Å². The molecule has 0 aromatic heterocycles. The Labute approximate surface area is 60.1 Å². The van der Waals surface area contributed by atoms with Crippen LogP contribution < -0.4 is 10.9 Å². The number of hydrazine groups is 1. The molecule has 10 heavy (non-hydrogen) atoms. The van der Waals surface area contributed by atoms with Gasteiger partial charge in [0.25, 0.3) is 0 Å². The molecule has 1 amide bonds. The Kier molecular flexibility index (Phi) is 1.38. The van der Waals surface area contributed by atoms with Crippen LogP contribution in [0.1, 0.15) is 19.3 Å². The summed E-state index contributed by atoms with van der Waals surface area (Å²) in [6.45, 7) is 0.969. The van der Waals surface area contributed by atoms with Crippen LogP contribution in [-0.4, -0.2) is 12.5 Å². The van der Waals surface area contributed by atoms with E-state index in [-0.39, 0.29) is 5.91 Å². The van der Waals surface area contributed by atoms with Gasteiger partial charge in [-0.3, -0.25) is 10.2 Å². The maximum Gasteiger partial charge on any atom is 0.237 e. The van der Waals surface area contributed by atoms with Crippen molar-refractivity contribution in [1.29, 1.82) is 0 Å². The van der Waals surface area contributed by atoms with Gasteiger partial charge in [0.1, 0.15) is 0 Å². The molecule has 2 fully saturated rings. The summed E-state index contributed by atoms with van der Waals surface area (Å²) in [7, 11) is 0. The highest BCUT2D eigenvalue weighted by atomic mass is 16.2. The topological polar surface area (TPSA) is 41.1 Å². The van der Waals surface area contributed by atoms with Gasteiger partial charge < -0.3 is 0 Å². The van der Waals surface area contributed by atoms with E-state index < -0.39 is 0 Å². The molecule has 2 atom stereocenters. The van der Waals surface area contributed by atoms with E-state index in [4.69, 9.17) is 0 Å². The van der Waals surface area contributed by atoms with Crippen molar-refractivity contribution in [1.82, 2.24) is 10.9 Å². The molecule has 1 saturated carbocycles. The molecule has 0 bridgehead atoms. The normalized spacial score (nSPS) is 39.0. The summed E-state index contributed by atoms with van der Waals surface area (Å²) in [5.74, 6) is 1.14. The molecule has 0 aromatic carbocycles. The van der Waals surface area contributed by atoms with Gasteiger partial charge in [-0.15, -0.1) is 0 Å². The second-order valence-electron chi connectivity index (χ2n) is 3.17. The molecule has 1 heterocycles. The minimum atomic E-state index is 0.203. The van der Waals surface area contributed by atoms with E-state index in [1.165, 1.54) is 12.8 Å². The zero-order valence-electron chi connectivity index (χ0n) is 5.89. The molecule has 1 aliphatic heterocycles. The molecule has 2 N–H and O–H groups in total. The Bertz CT molecular complexity index is 158. The molecule has 0 aromatic rings. The minimum Gasteiger partial charge on any atom is -0.291 e. The summed E-state index contributed by atoms with van der Waals surface area (Å²) in [6, 6.07) is 0. The smallest absolute Gasteiger partial charge is 0.237 e. The van der Waals surface area contributed by atoms with Gasteiger partial charge in [-0.2, -0.15) is 0 Å². The molecule has 56 valence electrons. The van der Waals surface area contributed by atoms with Crippen LogP contribution in [0, 0.1) is 11.8 Å². The van der Waals surface area contributed by atoms with Crippen molar-refractivity contribution >= 4 is 5.91 Å². The van der Waals surface area contributed by atoms with E-state index in [1.807, 2.05) is 0 Å². The summed E-state index contributed by atoms with van der Waals surface area (Å²) in [5.41, 5.74) is 5.57. The minimum absolute atomic E-state index is 0.203. The summed E-state index contributed by atoms with van der Waals surface area (Å²) in [5, 5.41) is 0. The highest BCUT2D eigenvalue weighted by Crippen LogP contribution is 2.32. The first-order chi connectivity index (χ1) is 4.88. The maximum absolute atomic E-state index is 11.1. The van der Waals surface area contributed by atoms with Crippen LogP contribution in [0.5, 0.6) is 0 Å². The maximum atomic E-state index is 11.1. The van der Waals surface area contributed by atoms with Crippen LogP contribution in [0.4, 0.5) is 0 Å². The van der Waals surface area contributed by atoms with E-state index >= 15 is 0 Å². The highest BCUT2D eigenvalue weighted by molar-refractivity contribution is 5.79. The fourth-order valence-corrected chi connectivity index (χ4v) is 1.99. The van der Waals surface area contributed by atoms with Gasteiger partial charge in [-0.05, 0) is 18.8 Å². The predicted octanol–water partition coefficient (Wildman–Crippen LogP) is 0.0371. The molecule has 1 saturated heterocycles. The largest absolute Gasteiger partial charge is 0.291 e. The molecular formula is C7H12N2O. The third kappa shape index (κ3) is 0.814. The van der Waals surface area contributed by atoms with Gasteiger partial charge in [0.05, 0.1) is 0 Å². The lowest BCUT2D eigenvalue weighted by Gasteiger charge is -2.25. The zero-order valence-corrected chi connectivity index (χ0v) is 5.89. The van der Waals surface area contributed by atoms with Crippen molar-refractivity contribution in [3.05, 3.63) is 0 Å². The number of nitrogens with one attached hydrogen (secondary N) is 2. The number of fused-ring (bicyclic) bond motifs is 1. The van der Waals surface area contributed by atoms with Gasteiger partial charge >= 0.3 is 0 Å². The van der Waals surface area contributed by atoms with E-state index in [9.17, 15) is 4.79 Å². The zero-order chi connectivity index (χ0) is 6.97.